The van der Waals surface area contributed by atoms with Gasteiger partial charge in [0.1, 0.15) is 11.4 Å². The highest BCUT2D eigenvalue weighted by Crippen LogP contribution is 2.35. The first-order chi connectivity index (χ1) is 17.6. The normalized spacial score (nSPS) is 15.1. The number of benzene rings is 3. The molecule has 0 bridgehead atoms. The molecule has 6 heteroatoms. The molecule has 36 heavy (non-hydrogen) atoms. The van der Waals surface area contributed by atoms with Crippen molar-refractivity contribution < 1.29 is 14.3 Å². The van der Waals surface area contributed by atoms with E-state index in [1.54, 1.807) is 4.68 Å². The summed E-state index contributed by atoms with van der Waals surface area (Å²) in [6.07, 6.45) is 1.99. The summed E-state index contributed by atoms with van der Waals surface area (Å²) in [4.78, 5) is 15.6. The van der Waals surface area contributed by atoms with E-state index < -0.39 is 0 Å². The molecule has 5 rings (SSSR count). The number of hydrogen-bond donors (Lipinski definition) is 0. The van der Waals surface area contributed by atoms with Gasteiger partial charge in [-0.15, -0.1) is 0 Å². The predicted octanol–water partition coefficient (Wildman–Crippen LogP) is 6.01. The zero-order valence-electron chi connectivity index (χ0n) is 20.8. The fourth-order valence-corrected chi connectivity index (χ4v) is 4.65. The summed E-state index contributed by atoms with van der Waals surface area (Å²) in [7, 11) is 1.88. The molecule has 2 heterocycles. The standard InChI is InChI=1S/C30H31N3O3/c1-22-11-9-16-25(19-22)36-30-27(28(31-32(30)2)23-12-5-3-6-13-23)21-33(20-26-17-10-18-35-26)29(34)24-14-7-4-8-15-24/h3-9,11-16,19,26H,10,17-18,20-21H2,1-2H3. The van der Waals surface area contributed by atoms with Crippen molar-refractivity contribution in [2.24, 2.45) is 7.05 Å². The Labute approximate surface area is 212 Å². The third-order valence-corrected chi connectivity index (χ3v) is 6.44. The molecule has 1 unspecified atom stereocenters. The second kappa shape index (κ2) is 10.8. The maximum absolute atomic E-state index is 13.7. The van der Waals surface area contributed by atoms with Crippen molar-refractivity contribution in [3.63, 3.8) is 0 Å². The van der Waals surface area contributed by atoms with E-state index in [1.165, 1.54) is 0 Å². The van der Waals surface area contributed by atoms with Gasteiger partial charge in [-0.05, 0) is 49.6 Å². The van der Waals surface area contributed by atoms with Gasteiger partial charge < -0.3 is 14.4 Å². The van der Waals surface area contributed by atoms with Crippen LogP contribution in [0.25, 0.3) is 11.3 Å². The SMILES string of the molecule is Cc1cccc(Oc2c(CN(CC3CCCO3)C(=O)c3ccccc3)c(-c3ccccc3)nn2C)c1. The van der Waals surface area contributed by atoms with Crippen LogP contribution in [0.15, 0.2) is 84.9 Å². The third-order valence-electron chi connectivity index (χ3n) is 6.44. The first-order valence-electron chi connectivity index (χ1n) is 12.4. The maximum atomic E-state index is 13.7. The number of carbonyl (C=O) groups excluding carboxylic acids is 1. The van der Waals surface area contributed by atoms with Gasteiger partial charge in [0.2, 0.25) is 5.88 Å². The Kier molecular flexibility index (Phi) is 7.14. The summed E-state index contributed by atoms with van der Waals surface area (Å²) in [5.74, 6) is 1.33. The Morgan fingerprint density at radius 3 is 2.50 bits per heavy atom. The van der Waals surface area contributed by atoms with Crippen LogP contribution < -0.4 is 4.74 Å². The molecule has 0 saturated carbocycles. The molecular weight excluding hydrogens is 450 g/mol. The topological polar surface area (TPSA) is 56.6 Å². The largest absolute Gasteiger partial charge is 0.439 e. The number of ether oxygens (including phenoxy) is 2. The van der Waals surface area contributed by atoms with Gasteiger partial charge in [0, 0.05) is 31.3 Å². The van der Waals surface area contributed by atoms with Crippen molar-refractivity contribution in [1.82, 2.24) is 14.7 Å². The number of carbonyl (C=O) groups is 1. The van der Waals surface area contributed by atoms with Crippen molar-refractivity contribution in [2.75, 3.05) is 13.2 Å². The van der Waals surface area contributed by atoms with E-state index in [2.05, 4.69) is 0 Å². The van der Waals surface area contributed by atoms with Crippen molar-refractivity contribution in [3.05, 3.63) is 102 Å². The Morgan fingerprint density at radius 1 is 1.06 bits per heavy atom. The fourth-order valence-electron chi connectivity index (χ4n) is 4.65. The van der Waals surface area contributed by atoms with E-state index in [0.717, 1.165) is 47.6 Å². The van der Waals surface area contributed by atoms with Crippen LogP contribution in [-0.2, 0) is 18.3 Å². The molecule has 6 nitrogen and oxygen atoms in total. The van der Waals surface area contributed by atoms with Crippen LogP contribution in [0.1, 0.15) is 34.3 Å². The van der Waals surface area contributed by atoms with Crippen LogP contribution in [-0.4, -0.2) is 39.8 Å². The molecule has 1 amide bonds. The number of aryl methyl sites for hydroxylation is 2. The summed E-state index contributed by atoms with van der Waals surface area (Å²) in [5.41, 5.74) is 4.42. The van der Waals surface area contributed by atoms with Gasteiger partial charge in [-0.25, -0.2) is 4.68 Å². The van der Waals surface area contributed by atoms with Crippen LogP contribution >= 0.6 is 0 Å². The zero-order valence-corrected chi connectivity index (χ0v) is 20.8. The van der Waals surface area contributed by atoms with E-state index in [4.69, 9.17) is 14.6 Å². The molecule has 4 aromatic rings. The van der Waals surface area contributed by atoms with E-state index in [1.807, 2.05) is 104 Å². The van der Waals surface area contributed by atoms with Gasteiger partial charge in [-0.3, -0.25) is 4.79 Å². The molecule has 0 N–H and O–H groups in total. The van der Waals surface area contributed by atoms with Gasteiger partial charge in [0.15, 0.2) is 0 Å². The molecule has 0 spiro atoms. The molecule has 1 aromatic heterocycles. The molecule has 1 aliphatic rings. The van der Waals surface area contributed by atoms with Crippen LogP contribution in [0.3, 0.4) is 0 Å². The molecule has 1 saturated heterocycles. The molecule has 1 fully saturated rings. The van der Waals surface area contributed by atoms with Crippen molar-refractivity contribution in [2.45, 2.75) is 32.4 Å². The summed E-state index contributed by atoms with van der Waals surface area (Å²) < 4.78 is 14.1. The predicted molar refractivity (Wildman–Crippen MR) is 140 cm³/mol. The smallest absolute Gasteiger partial charge is 0.254 e. The van der Waals surface area contributed by atoms with Crippen molar-refractivity contribution in [3.8, 4) is 22.9 Å². The van der Waals surface area contributed by atoms with Gasteiger partial charge >= 0.3 is 0 Å². The summed E-state index contributed by atoms with van der Waals surface area (Å²) in [6, 6.07) is 27.4. The lowest BCUT2D eigenvalue weighted by Gasteiger charge is -2.26. The third kappa shape index (κ3) is 5.34. The molecule has 1 atom stereocenters. The molecule has 3 aromatic carbocycles. The Bertz CT molecular complexity index is 1310. The minimum absolute atomic E-state index is 0.0238. The zero-order chi connectivity index (χ0) is 24.9. The van der Waals surface area contributed by atoms with E-state index in [0.29, 0.717) is 24.5 Å². The first-order valence-corrected chi connectivity index (χ1v) is 12.4. The number of aromatic nitrogens is 2. The Hall–Kier alpha value is -3.90. The van der Waals surface area contributed by atoms with E-state index in [-0.39, 0.29) is 12.0 Å². The van der Waals surface area contributed by atoms with E-state index in [9.17, 15) is 4.79 Å². The van der Waals surface area contributed by atoms with Crippen LogP contribution in [0.4, 0.5) is 0 Å². The average Bonchev–Trinajstić information content (AvgIpc) is 3.53. The highest BCUT2D eigenvalue weighted by molar-refractivity contribution is 5.94. The number of amides is 1. The average molecular weight is 482 g/mol. The summed E-state index contributed by atoms with van der Waals surface area (Å²) >= 11 is 0. The first kappa shape index (κ1) is 23.8. The minimum atomic E-state index is -0.0320. The summed E-state index contributed by atoms with van der Waals surface area (Å²) in [6.45, 7) is 3.64. The van der Waals surface area contributed by atoms with Crippen molar-refractivity contribution >= 4 is 5.91 Å². The molecule has 0 radical (unpaired) electrons. The number of nitrogens with zero attached hydrogens (tertiary/aromatic N) is 3. The Morgan fingerprint density at radius 2 is 1.81 bits per heavy atom. The van der Waals surface area contributed by atoms with Gasteiger partial charge in [0.05, 0.1) is 18.2 Å². The molecule has 0 aliphatic carbocycles. The molecule has 184 valence electrons. The fraction of sp³-hybridized carbons (Fsp3) is 0.267. The highest BCUT2D eigenvalue weighted by atomic mass is 16.5. The lowest BCUT2D eigenvalue weighted by Crippen LogP contribution is -2.37. The lowest BCUT2D eigenvalue weighted by molar-refractivity contribution is 0.0506. The summed E-state index contributed by atoms with van der Waals surface area (Å²) in [5, 5.41) is 4.84. The van der Waals surface area contributed by atoms with Crippen molar-refractivity contribution in [1.29, 1.82) is 0 Å². The van der Waals surface area contributed by atoms with Crippen LogP contribution in [0.2, 0.25) is 0 Å². The maximum Gasteiger partial charge on any atom is 0.254 e. The quantitative estimate of drug-likeness (QED) is 0.309. The van der Waals surface area contributed by atoms with Crippen LogP contribution in [0, 0.1) is 6.92 Å². The number of hydrogen-bond acceptors (Lipinski definition) is 4. The second-order valence-corrected chi connectivity index (χ2v) is 9.23. The number of rotatable bonds is 8. The van der Waals surface area contributed by atoms with Crippen LogP contribution in [0.5, 0.6) is 11.6 Å². The molecular formula is C30H31N3O3. The Balaban J connectivity index is 1.56. The van der Waals surface area contributed by atoms with E-state index >= 15 is 0 Å². The second-order valence-electron chi connectivity index (χ2n) is 9.23. The highest BCUT2D eigenvalue weighted by Gasteiger charge is 2.28. The monoisotopic (exact) mass is 481 g/mol. The molecule has 1 aliphatic heterocycles. The minimum Gasteiger partial charge on any atom is -0.439 e. The van der Waals surface area contributed by atoms with Gasteiger partial charge in [-0.1, -0.05) is 60.7 Å². The van der Waals surface area contributed by atoms with Gasteiger partial charge in [-0.2, -0.15) is 5.10 Å². The lowest BCUT2D eigenvalue weighted by atomic mass is 10.1. The van der Waals surface area contributed by atoms with Gasteiger partial charge in [0.25, 0.3) is 5.91 Å².